The number of hydrogen-bond acceptors (Lipinski definition) is 3. The van der Waals surface area contributed by atoms with E-state index in [1.54, 1.807) is 7.11 Å². The zero-order valence-electron chi connectivity index (χ0n) is 11.7. The quantitative estimate of drug-likeness (QED) is 0.748. The van der Waals surface area contributed by atoms with E-state index >= 15 is 0 Å². The van der Waals surface area contributed by atoms with E-state index < -0.39 is 0 Å². The van der Waals surface area contributed by atoms with Crippen LogP contribution in [0.2, 0.25) is 0 Å². The minimum absolute atomic E-state index is 0.668. The van der Waals surface area contributed by atoms with Gasteiger partial charge in [0, 0.05) is 34.4 Å². The molecule has 1 heterocycles. The predicted octanol–water partition coefficient (Wildman–Crippen LogP) is 3.15. The van der Waals surface area contributed by atoms with Crippen LogP contribution in [0.3, 0.4) is 0 Å². The summed E-state index contributed by atoms with van der Waals surface area (Å²) in [6.45, 7) is 0.668. The lowest BCUT2D eigenvalue weighted by atomic mass is 10.1. The smallest absolute Gasteiger partial charge is 0.125 e. The lowest BCUT2D eigenvalue weighted by molar-refractivity contribution is 0.409. The fraction of sp³-hybridized carbons (Fsp3) is 0.118. The van der Waals surface area contributed by atoms with Crippen LogP contribution >= 0.6 is 0 Å². The molecule has 104 valence electrons. The van der Waals surface area contributed by atoms with Gasteiger partial charge in [0.05, 0.1) is 25.3 Å². The highest BCUT2D eigenvalue weighted by Gasteiger charge is 2.08. The van der Waals surface area contributed by atoms with E-state index in [1.807, 2.05) is 48.7 Å². The zero-order chi connectivity index (χ0) is 14.8. The van der Waals surface area contributed by atoms with Crippen molar-refractivity contribution in [3.8, 4) is 11.8 Å². The number of fused-ring (bicyclic) bond motifs is 1. The molecular weight excluding hydrogens is 262 g/mol. The van der Waals surface area contributed by atoms with Crippen LogP contribution in [-0.4, -0.2) is 11.7 Å². The highest BCUT2D eigenvalue weighted by Crippen LogP contribution is 2.25. The molecule has 21 heavy (non-hydrogen) atoms. The Hall–Kier alpha value is -2.93. The van der Waals surface area contributed by atoms with Gasteiger partial charge in [0.2, 0.25) is 0 Å². The van der Waals surface area contributed by atoms with Crippen molar-refractivity contribution in [2.24, 2.45) is 0 Å². The lowest BCUT2D eigenvalue weighted by Crippen LogP contribution is -2.01. The number of nitriles is 1. The topological polar surface area (TPSA) is 64.0 Å². The van der Waals surface area contributed by atoms with Gasteiger partial charge in [-0.1, -0.05) is 12.1 Å². The summed E-state index contributed by atoms with van der Waals surface area (Å²) in [6, 6.07) is 15.6. The molecule has 3 rings (SSSR count). The number of aromatic nitrogens is 1. The minimum Gasteiger partial charge on any atom is -0.496 e. The van der Waals surface area contributed by atoms with E-state index in [9.17, 15) is 0 Å². The fourth-order valence-electron chi connectivity index (χ4n) is 2.53. The van der Waals surface area contributed by atoms with Gasteiger partial charge in [-0.25, -0.2) is 0 Å². The first-order valence-electron chi connectivity index (χ1n) is 6.63. The van der Waals surface area contributed by atoms with Gasteiger partial charge in [-0.3, -0.25) is 0 Å². The van der Waals surface area contributed by atoms with Crippen molar-refractivity contribution in [3.63, 3.8) is 0 Å². The number of rotatable bonds is 3. The van der Waals surface area contributed by atoms with Crippen molar-refractivity contribution in [3.05, 3.63) is 59.8 Å². The average Bonchev–Trinajstić information content (AvgIpc) is 2.92. The first-order valence-corrected chi connectivity index (χ1v) is 6.63. The highest BCUT2D eigenvalue weighted by molar-refractivity contribution is 5.86. The van der Waals surface area contributed by atoms with E-state index in [0.717, 1.165) is 22.2 Å². The molecule has 2 aromatic carbocycles. The molecule has 0 spiro atoms. The van der Waals surface area contributed by atoms with Crippen molar-refractivity contribution in [2.45, 2.75) is 6.54 Å². The van der Waals surface area contributed by atoms with Crippen LogP contribution in [0.15, 0.2) is 48.7 Å². The maximum absolute atomic E-state index is 9.15. The molecule has 0 saturated carbocycles. The largest absolute Gasteiger partial charge is 0.496 e. The summed E-state index contributed by atoms with van der Waals surface area (Å²) >= 11 is 0. The van der Waals surface area contributed by atoms with Crippen LogP contribution in [0.25, 0.3) is 10.9 Å². The van der Waals surface area contributed by atoms with Gasteiger partial charge >= 0.3 is 0 Å². The van der Waals surface area contributed by atoms with Gasteiger partial charge in [0.25, 0.3) is 0 Å². The fourth-order valence-corrected chi connectivity index (χ4v) is 2.53. The van der Waals surface area contributed by atoms with Crippen LogP contribution < -0.4 is 10.5 Å². The maximum Gasteiger partial charge on any atom is 0.125 e. The molecule has 0 saturated heterocycles. The summed E-state index contributed by atoms with van der Waals surface area (Å²) in [5.41, 5.74) is 9.24. The Kier molecular flexibility index (Phi) is 3.25. The summed E-state index contributed by atoms with van der Waals surface area (Å²) in [6.07, 6.45) is 1.99. The van der Waals surface area contributed by atoms with Crippen LogP contribution in [-0.2, 0) is 6.54 Å². The molecule has 0 amide bonds. The van der Waals surface area contributed by atoms with E-state index in [1.165, 1.54) is 0 Å². The molecule has 4 heteroatoms. The predicted molar refractivity (Wildman–Crippen MR) is 83.2 cm³/mol. The second kappa shape index (κ2) is 5.22. The van der Waals surface area contributed by atoms with Crippen LogP contribution in [0.1, 0.15) is 11.1 Å². The normalized spacial score (nSPS) is 10.5. The third-order valence-corrected chi connectivity index (χ3v) is 3.59. The molecule has 0 aliphatic carbocycles. The molecule has 1 aromatic heterocycles. The molecule has 0 bridgehead atoms. The second-order valence-corrected chi connectivity index (χ2v) is 4.87. The number of ether oxygens (including phenoxy) is 1. The van der Waals surface area contributed by atoms with Crippen molar-refractivity contribution in [1.82, 2.24) is 4.57 Å². The van der Waals surface area contributed by atoms with Gasteiger partial charge < -0.3 is 15.0 Å². The number of nitrogens with zero attached hydrogens (tertiary/aromatic N) is 2. The molecule has 0 atom stereocenters. The third kappa shape index (κ3) is 2.30. The van der Waals surface area contributed by atoms with Gasteiger partial charge in [-0.15, -0.1) is 0 Å². The Balaban J connectivity index is 2.05. The van der Waals surface area contributed by atoms with Crippen LogP contribution in [0, 0.1) is 11.3 Å². The monoisotopic (exact) mass is 277 g/mol. The van der Waals surface area contributed by atoms with Gasteiger partial charge in [-0.2, -0.15) is 5.26 Å². The van der Waals surface area contributed by atoms with Gasteiger partial charge in [0.15, 0.2) is 0 Å². The molecule has 0 aliphatic rings. The van der Waals surface area contributed by atoms with Crippen molar-refractivity contribution in [2.75, 3.05) is 12.8 Å². The summed E-state index contributed by atoms with van der Waals surface area (Å²) in [4.78, 5) is 0. The third-order valence-electron chi connectivity index (χ3n) is 3.59. The Morgan fingerprint density at radius 3 is 2.86 bits per heavy atom. The van der Waals surface area contributed by atoms with Crippen molar-refractivity contribution in [1.29, 1.82) is 5.26 Å². The molecule has 4 nitrogen and oxygen atoms in total. The minimum atomic E-state index is 0.668. The van der Waals surface area contributed by atoms with Crippen LogP contribution in [0.5, 0.6) is 5.75 Å². The molecular formula is C17H15N3O. The van der Waals surface area contributed by atoms with Gasteiger partial charge in [0.1, 0.15) is 5.75 Å². The van der Waals surface area contributed by atoms with Crippen molar-refractivity contribution < 1.29 is 4.74 Å². The number of methoxy groups -OCH3 is 1. The standard InChI is InChI=1S/C17H15N3O/c1-21-17-9-14(19)6-5-13(17)11-20-8-7-15-12(10-18)3-2-4-16(15)20/h2-9H,11,19H2,1H3. The van der Waals surface area contributed by atoms with E-state index in [-0.39, 0.29) is 0 Å². The summed E-state index contributed by atoms with van der Waals surface area (Å²) in [7, 11) is 1.64. The number of benzene rings is 2. The summed E-state index contributed by atoms with van der Waals surface area (Å²) < 4.78 is 7.49. The first kappa shape index (κ1) is 13.1. The number of hydrogen-bond donors (Lipinski definition) is 1. The van der Waals surface area contributed by atoms with Crippen LogP contribution in [0.4, 0.5) is 5.69 Å². The van der Waals surface area contributed by atoms with E-state index in [2.05, 4.69) is 10.6 Å². The number of anilines is 1. The SMILES string of the molecule is COc1cc(N)ccc1Cn1ccc2c(C#N)cccc21. The maximum atomic E-state index is 9.15. The number of nitrogens with two attached hydrogens (primary N) is 1. The molecule has 0 fully saturated rings. The molecule has 0 aliphatic heterocycles. The Bertz CT molecular complexity index is 843. The van der Waals surface area contributed by atoms with Gasteiger partial charge in [-0.05, 0) is 24.3 Å². The second-order valence-electron chi connectivity index (χ2n) is 4.87. The summed E-state index contributed by atoms with van der Waals surface area (Å²) in [5, 5.41) is 10.1. The Labute approximate surface area is 123 Å². The average molecular weight is 277 g/mol. The van der Waals surface area contributed by atoms with E-state index in [4.69, 9.17) is 15.7 Å². The molecule has 3 aromatic rings. The summed E-state index contributed by atoms with van der Waals surface area (Å²) in [5.74, 6) is 0.772. The lowest BCUT2D eigenvalue weighted by Gasteiger charge is -2.11. The van der Waals surface area contributed by atoms with Crippen molar-refractivity contribution >= 4 is 16.6 Å². The van der Waals surface area contributed by atoms with E-state index in [0.29, 0.717) is 17.8 Å². The molecule has 0 unspecified atom stereocenters. The first-order chi connectivity index (χ1) is 10.2. The zero-order valence-corrected chi connectivity index (χ0v) is 11.7. The molecule has 2 N–H and O–H groups in total. The Morgan fingerprint density at radius 1 is 1.24 bits per heavy atom. The Morgan fingerprint density at radius 2 is 2.10 bits per heavy atom. The number of nitrogen functional groups attached to an aromatic ring is 1. The highest BCUT2D eigenvalue weighted by atomic mass is 16.5. The molecule has 0 radical (unpaired) electrons.